The summed E-state index contributed by atoms with van der Waals surface area (Å²) in [6.07, 6.45) is 0. The van der Waals surface area contributed by atoms with Crippen LogP contribution in [0, 0.1) is 5.82 Å². The van der Waals surface area contributed by atoms with Gasteiger partial charge in [-0.1, -0.05) is 0 Å². The summed E-state index contributed by atoms with van der Waals surface area (Å²) in [5.41, 5.74) is 5.88. The van der Waals surface area contributed by atoms with Crippen LogP contribution in [0.3, 0.4) is 0 Å². The van der Waals surface area contributed by atoms with Crippen molar-refractivity contribution in [2.45, 2.75) is 13.0 Å². The quantitative estimate of drug-likeness (QED) is 0.796. The van der Waals surface area contributed by atoms with Gasteiger partial charge >= 0.3 is 0 Å². The van der Waals surface area contributed by atoms with E-state index in [0.717, 1.165) is 0 Å². The minimum atomic E-state index is -0.522. The molecule has 1 heterocycles. The highest BCUT2D eigenvalue weighted by atomic mass is 19.1. The predicted octanol–water partition coefficient (Wildman–Crippen LogP) is 0.509. The maximum atomic E-state index is 13.1. The summed E-state index contributed by atoms with van der Waals surface area (Å²) in [6, 6.07) is 3.57. The Labute approximate surface area is 122 Å². The third-order valence-electron chi connectivity index (χ3n) is 3.68. The molecule has 0 bridgehead atoms. The van der Waals surface area contributed by atoms with Gasteiger partial charge in [-0.3, -0.25) is 14.5 Å². The smallest absolute Gasteiger partial charge is 0.241 e. The lowest BCUT2D eigenvalue weighted by atomic mass is 10.2. The van der Waals surface area contributed by atoms with E-state index in [1.54, 1.807) is 18.9 Å². The second-order valence-electron chi connectivity index (χ2n) is 5.19. The molecular weight excluding hydrogens is 275 g/mol. The Morgan fingerprint density at radius 3 is 2.76 bits per heavy atom. The maximum absolute atomic E-state index is 13.1. The van der Waals surface area contributed by atoms with Gasteiger partial charge in [-0.15, -0.1) is 0 Å². The highest BCUT2D eigenvalue weighted by Gasteiger charge is 2.28. The molecule has 1 atom stereocenters. The van der Waals surface area contributed by atoms with Crippen LogP contribution in [0.2, 0.25) is 0 Å². The Morgan fingerprint density at radius 2 is 2.14 bits per heavy atom. The van der Waals surface area contributed by atoms with Crippen LogP contribution in [0.25, 0.3) is 0 Å². The van der Waals surface area contributed by atoms with Crippen LogP contribution in [-0.4, -0.2) is 54.3 Å². The average molecular weight is 294 g/mol. The molecular formula is C14H19FN4O2. The molecule has 3 N–H and O–H groups in total. The first-order valence-electron chi connectivity index (χ1n) is 6.72. The van der Waals surface area contributed by atoms with Gasteiger partial charge in [-0.05, 0) is 25.1 Å². The van der Waals surface area contributed by atoms with Crippen LogP contribution < -0.4 is 11.1 Å². The molecule has 1 aromatic rings. The number of nitrogens with two attached hydrogens (primary N) is 1. The Kier molecular flexibility index (Phi) is 4.42. The molecule has 0 radical (unpaired) electrons. The van der Waals surface area contributed by atoms with E-state index >= 15 is 0 Å². The first-order chi connectivity index (χ1) is 9.88. The normalized spacial score (nSPS) is 17.7. The van der Waals surface area contributed by atoms with E-state index in [4.69, 9.17) is 5.73 Å². The number of amides is 2. The SMILES string of the molecule is CC(C(=O)Nc1ccc(F)c(N)c1)N1CCN(C)C(=O)C1. The van der Waals surface area contributed by atoms with E-state index in [1.807, 2.05) is 4.90 Å². The van der Waals surface area contributed by atoms with E-state index in [-0.39, 0.29) is 24.0 Å². The van der Waals surface area contributed by atoms with Gasteiger partial charge in [-0.2, -0.15) is 0 Å². The fourth-order valence-electron chi connectivity index (χ4n) is 2.14. The van der Waals surface area contributed by atoms with Crippen molar-refractivity contribution in [1.82, 2.24) is 9.80 Å². The number of halogens is 1. The molecule has 0 saturated carbocycles. The molecule has 1 aromatic carbocycles. The third kappa shape index (κ3) is 3.49. The van der Waals surface area contributed by atoms with Gasteiger partial charge in [-0.25, -0.2) is 4.39 Å². The highest BCUT2D eigenvalue weighted by Crippen LogP contribution is 2.17. The van der Waals surface area contributed by atoms with Gasteiger partial charge < -0.3 is 16.0 Å². The molecule has 0 spiro atoms. The van der Waals surface area contributed by atoms with Crippen LogP contribution in [0.1, 0.15) is 6.92 Å². The summed E-state index contributed by atoms with van der Waals surface area (Å²) in [4.78, 5) is 27.3. The minimum absolute atomic E-state index is 0.00748. The topological polar surface area (TPSA) is 78.7 Å². The second kappa shape index (κ2) is 6.09. The Hall–Kier alpha value is -2.15. The Morgan fingerprint density at radius 1 is 1.43 bits per heavy atom. The van der Waals surface area contributed by atoms with Crippen LogP contribution in [-0.2, 0) is 9.59 Å². The van der Waals surface area contributed by atoms with E-state index < -0.39 is 11.9 Å². The van der Waals surface area contributed by atoms with Crippen molar-refractivity contribution in [2.75, 3.05) is 37.7 Å². The summed E-state index contributed by atoms with van der Waals surface area (Å²) >= 11 is 0. The number of nitrogens with zero attached hydrogens (tertiary/aromatic N) is 2. The number of carbonyl (C=O) groups is 2. The number of benzene rings is 1. The van der Waals surface area contributed by atoms with Crippen molar-refractivity contribution >= 4 is 23.2 Å². The largest absolute Gasteiger partial charge is 0.396 e. The molecule has 2 amide bonds. The molecule has 1 aliphatic rings. The lowest BCUT2D eigenvalue weighted by Crippen LogP contribution is -2.54. The van der Waals surface area contributed by atoms with Gasteiger partial charge in [0.2, 0.25) is 11.8 Å². The summed E-state index contributed by atoms with van der Waals surface area (Å²) in [5.74, 6) is -0.781. The molecule has 0 aliphatic carbocycles. The first-order valence-corrected chi connectivity index (χ1v) is 6.72. The number of hydrogen-bond acceptors (Lipinski definition) is 4. The zero-order valence-electron chi connectivity index (χ0n) is 12.1. The summed E-state index contributed by atoms with van der Waals surface area (Å²) in [7, 11) is 1.74. The number of anilines is 2. The molecule has 1 fully saturated rings. The Balaban J connectivity index is 1.99. The third-order valence-corrected chi connectivity index (χ3v) is 3.68. The van der Waals surface area contributed by atoms with E-state index in [0.29, 0.717) is 18.8 Å². The van der Waals surface area contributed by atoms with Crippen molar-refractivity contribution in [3.8, 4) is 0 Å². The van der Waals surface area contributed by atoms with Crippen molar-refractivity contribution in [2.24, 2.45) is 0 Å². The van der Waals surface area contributed by atoms with Gasteiger partial charge in [0.1, 0.15) is 5.82 Å². The zero-order chi connectivity index (χ0) is 15.6. The van der Waals surface area contributed by atoms with Crippen molar-refractivity contribution in [1.29, 1.82) is 0 Å². The number of likely N-dealkylation sites (N-methyl/N-ethyl adjacent to an activating group) is 1. The summed E-state index contributed by atoms with van der Waals surface area (Å²) in [5, 5.41) is 2.68. The minimum Gasteiger partial charge on any atom is -0.396 e. The molecule has 114 valence electrons. The highest BCUT2D eigenvalue weighted by molar-refractivity contribution is 5.95. The lowest BCUT2D eigenvalue weighted by molar-refractivity contribution is -0.136. The molecule has 2 rings (SSSR count). The van der Waals surface area contributed by atoms with Gasteiger partial charge in [0, 0.05) is 25.8 Å². The number of rotatable bonds is 3. The summed E-state index contributed by atoms with van der Waals surface area (Å²) < 4.78 is 13.1. The number of hydrogen-bond donors (Lipinski definition) is 2. The summed E-state index contributed by atoms with van der Waals surface area (Å²) in [6.45, 7) is 3.19. The fraction of sp³-hybridized carbons (Fsp3) is 0.429. The Bertz CT molecular complexity index is 564. The fourth-order valence-corrected chi connectivity index (χ4v) is 2.14. The van der Waals surface area contributed by atoms with Crippen LogP contribution >= 0.6 is 0 Å². The van der Waals surface area contributed by atoms with E-state index in [2.05, 4.69) is 5.32 Å². The van der Waals surface area contributed by atoms with E-state index in [1.165, 1.54) is 18.2 Å². The maximum Gasteiger partial charge on any atom is 0.241 e. The molecule has 21 heavy (non-hydrogen) atoms. The number of nitrogens with one attached hydrogen (secondary N) is 1. The molecule has 1 aliphatic heterocycles. The first kappa shape index (κ1) is 15.2. The van der Waals surface area contributed by atoms with Gasteiger partial charge in [0.05, 0.1) is 18.3 Å². The average Bonchev–Trinajstić information content (AvgIpc) is 2.45. The molecule has 1 unspecified atom stereocenters. The van der Waals surface area contributed by atoms with E-state index in [9.17, 15) is 14.0 Å². The van der Waals surface area contributed by atoms with Crippen LogP contribution in [0.5, 0.6) is 0 Å². The van der Waals surface area contributed by atoms with Crippen LogP contribution in [0.4, 0.5) is 15.8 Å². The van der Waals surface area contributed by atoms with Gasteiger partial charge in [0.25, 0.3) is 0 Å². The van der Waals surface area contributed by atoms with Crippen molar-refractivity contribution < 1.29 is 14.0 Å². The zero-order valence-corrected chi connectivity index (χ0v) is 12.1. The number of carbonyl (C=O) groups excluding carboxylic acids is 2. The van der Waals surface area contributed by atoms with Gasteiger partial charge in [0.15, 0.2) is 0 Å². The number of nitrogen functional groups attached to an aromatic ring is 1. The lowest BCUT2D eigenvalue weighted by Gasteiger charge is -2.35. The molecule has 7 heteroatoms. The predicted molar refractivity (Wildman–Crippen MR) is 78.1 cm³/mol. The van der Waals surface area contributed by atoms with Crippen molar-refractivity contribution in [3.63, 3.8) is 0 Å². The number of piperazine rings is 1. The molecule has 0 aromatic heterocycles. The van der Waals surface area contributed by atoms with Crippen LogP contribution in [0.15, 0.2) is 18.2 Å². The van der Waals surface area contributed by atoms with Crippen molar-refractivity contribution in [3.05, 3.63) is 24.0 Å². The standard InChI is InChI=1S/C14H19FN4O2/c1-9(19-6-5-18(2)13(20)8-19)14(21)17-10-3-4-11(15)12(16)7-10/h3-4,7,9H,5-6,8,16H2,1-2H3,(H,17,21). The molecule has 6 nitrogen and oxygen atoms in total. The second-order valence-corrected chi connectivity index (χ2v) is 5.19. The molecule has 1 saturated heterocycles. The monoisotopic (exact) mass is 294 g/mol.